The maximum absolute atomic E-state index is 12.5. The molecule has 1 aromatic carbocycles. The Labute approximate surface area is 197 Å². The van der Waals surface area contributed by atoms with Crippen LogP contribution < -0.4 is 10.9 Å². The summed E-state index contributed by atoms with van der Waals surface area (Å²) in [6.45, 7) is 1.94. The van der Waals surface area contributed by atoms with Gasteiger partial charge >= 0.3 is 0 Å². The van der Waals surface area contributed by atoms with Crippen molar-refractivity contribution in [3.05, 3.63) is 91.4 Å². The summed E-state index contributed by atoms with van der Waals surface area (Å²) in [5, 5.41) is 13.9. The summed E-state index contributed by atoms with van der Waals surface area (Å²) in [5.41, 5.74) is 3.50. The Morgan fingerprint density at radius 2 is 1.97 bits per heavy atom. The van der Waals surface area contributed by atoms with Crippen LogP contribution in [0.5, 0.6) is 0 Å². The standard InChI is InChI=1S/C23H18BrClN6O/c1-13(23-28-11-16(24)12-29-23)30-19-9-21(32)31(2)20-4-3-14(8-17(19)20)7-15-5-6-27-22(25)18(15)10-26/h3-6,8-9,11-13,30H,7H2,1-2H3. The molecule has 0 fully saturated rings. The van der Waals surface area contributed by atoms with Crippen LogP contribution in [0.15, 0.2) is 58.2 Å². The molecule has 160 valence electrons. The fraction of sp³-hybridized carbons (Fsp3) is 0.174. The molecule has 0 radical (unpaired) electrons. The zero-order valence-electron chi connectivity index (χ0n) is 17.3. The molecule has 3 aromatic heterocycles. The van der Waals surface area contributed by atoms with E-state index >= 15 is 0 Å². The predicted molar refractivity (Wildman–Crippen MR) is 128 cm³/mol. The molecule has 0 amide bonds. The average molecular weight is 510 g/mol. The molecule has 0 aliphatic heterocycles. The highest BCUT2D eigenvalue weighted by Crippen LogP contribution is 2.28. The number of aryl methyl sites for hydroxylation is 1. The van der Waals surface area contributed by atoms with Crippen molar-refractivity contribution in [3.63, 3.8) is 0 Å². The monoisotopic (exact) mass is 508 g/mol. The summed E-state index contributed by atoms with van der Waals surface area (Å²) in [7, 11) is 1.74. The second-order valence-corrected chi connectivity index (χ2v) is 8.63. The normalized spacial score (nSPS) is 11.8. The Hall–Kier alpha value is -3.28. The number of rotatable bonds is 5. The number of halogens is 2. The second-order valence-electron chi connectivity index (χ2n) is 7.36. The molecule has 32 heavy (non-hydrogen) atoms. The van der Waals surface area contributed by atoms with Crippen LogP contribution in [-0.2, 0) is 13.5 Å². The lowest BCUT2D eigenvalue weighted by Gasteiger charge is -2.17. The van der Waals surface area contributed by atoms with E-state index in [-0.39, 0.29) is 16.8 Å². The highest BCUT2D eigenvalue weighted by Gasteiger charge is 2.14. The lowest BCUT2D eigenvalue weighted by Crippen LogP contribution is -2.19. The van der Waals surface area contributed by atoms with Crippen LogP contribution in [0.4, 0.5) is 5.69 Å². The molecule has 1 atom stereocenters. The SMILES string of the molecule is CC(Nc1cc(=O)n(C)c2ccc(Cc3ccnc(Cl)c3C#N)cc12)c1ncc(Br)cn1. The number of nitrogens with one attached hydrogen (secondary N) is 1. The average Bonchev–Trinajstić information content (AvgIpc) is 2.78. The minimum absolute atomic E-state index is 0.121. The van der Waals surface area contributed by atoms with Gasteiger partial charge in [0, 0.05) is 42.8 Å². The number of nitrogens with zero attached hydrogens (tertiary/aromatic N) is 5. The van der Waals surface area contributed by atoms with Gasteiger partial charge in [0.1, 0.15) is 17.0 Å². The van der Waals surface area contributed by atoms with E-state index in [0.29, 0.717) is 23.5 Å². The number of nitriles is 1. The van der Waals surface area contributed by atoms with Crippen LogP contribution in [0, 0.1) is 11.3 Å². The van der Waals surface area contributed by atoms with Gasteiger partial charge in [-0.25, -0.2) is 15.0 Å². The summed E-state index contributed by atoms with van der Waals surface area (Å²) < 4.78 is 2.40. The van der Waals surface area contributed by atoms with Crippen LogP contribution in [0.2, 0.25) is 5.15 Å². The van der Waals surface area contributed by atoms with E-state index in [1.54, 1.807) is 42.3 Å². The highest BCUT2D eigenvalue weighted by atomic mass is 79.9. The van der Waals surface area contributed by atoms with Gasteiger partial charge in [-0.05, 0) is 58.6 Å². The molecule has 1 unspecified atom stereocenters. The Morgan fingerprint density at radius 1 is 1.22 bits per heavy atom. The van der Waals surface area contributed by atoms with Gasteiger partial charge in [-0.1, -0.05) is 17.7 Å². The Morgan fingerprint density at radius 3 is 2.69 bits per heavy atom. The fourth-order valence-corrected chi connectivity index (χ4v) is 3.96. The Bertz CT molecular complexity index is 1410. The van der Waals surface area contributed by atoms with Crippen molar-refractivity contribution in [2.45, 2.75) is 19.4 Å². The molecular weight excluding hydrogens is 492 g/mol. The van der Waals surface area contributed by atoms with Crippen LogP contribution >= 0.6 is 27.5 Å². The lowest BCUT2D eigenvalue weighted by atomic mass is 10.00. The van der Waals surface area contributed by atoms with Crippen molar-refractivity contribution in [2.75, 3.05) is 5.32 Å². The third-order valence-corrected chi connectivity index (χ3v) is 5.90. The predicted octanol–water partition coefficient (Wildman–Crippen LogP) is 4.77. The highest BCUT2D eigenvalue weighted by molar-refractivity contribution is 9.10. The van der Waals surface area contributed by atoms with Crippen molar-refractivity contribution in [1.29, 1.82) is 5.26 Å². The van der Waals surface area contributed by atoms with Crippen molar-refractivity contribution in [1.82, 2.24) is 19.5 Å². The quantitative estimate of drug-likeness (QED) is 0.389. The molecule has 4 aromatic rings. The van der Waals surface area contributed by atoms with Gasteiger partial charge in [-0.15, -0.1) is 0 Å². The van der Waals surface area contributed by atoms with Gasteiger partial charge in [0.2, 0.25) is 0 Å². The fourth-order valence-electron chi connectivity index (χ4n) is 3.54. The van der Waals surface area contributed by atoms with Crippen molar-refractivity contribution < 1.29 is 0 Å². The summed E-state index contributed by atoms with van der Waals surface area (Å²) in [5.74, 6) is 0.614. The largest absolute Gasteiger partial charge is 0.375 e. The third kappa shape index (κ3) is 4.35. The van der Waals surface area contributed by atoms with E-state index < -0.39 is 0 Å². The van der Waals surface area contributed by atoms with E-state index in [9.17, 15) is 10.1 Å². The first-order valence-corrected chi connectivity index (χ1v) is 10.9. The van der Waals surface area contributed by atoms with Gasteiger partial charge in [0.15, 0.2) is 0 Å². The van der Waals surface area contributed by atoms with Crippen LogP contribution in [0.25, 0.3) is 10.9 Å². The summed E-state index contributed by atoms with van der Waals surface area (Å²) in [4.78, 5) is 25.2. The number of hydrogen-bond donors (Lipinski definition) is 1. The molecule has 0 saturated carbocycles. The van der Waals surface area contributed by atoms with E-state index in [2.05, 4.69) is 42.3 Å². The summed E-state index contributed by atoms with van der Waals surface area (Å²) in [6, 6.07) is 11.2. The first-order chi connectivity index (χ1) is 15.4. The molecule has 0 saturated heterocycles. The van der Waals surface area contributed by atoms with Crippen molar-refractivity contribution in [2.24, 2.45) is 7.05 Å². The van der Waals surface area contributed by atoms with Gasteiger partial charge in [0.05, 0.1) is 21.6 Å². The first-order valence-electron chi connectivity index (χ1n) is 9.77. The number of pyridine rings is 2. The van der Waals surface area contributed by atoms with E-state index in [1.165, 1.54) is 0 Å². The maximum atomic E-state index is 12.5. The molecular formula is C23H18BrClN6O. The Kier molecular flexibility index (Phi) is 6.21. The molecule has 0 aliphatic carbocycles. The van der Waals surface area contributed by atoms with Crippen LogP contribution in [0.1, 0.15) is 35.5 Å². The number of fused-ring (bicyclic) bond motifs is 1. The molecule has 1 N–H and O–H groups in total. The third-order valence-electron chi connectivity index (χ3n) is 5.21. The zero-order valence-corrected chi connectivity index (χ0v) is 19.6. The van der Waals surface area contributed by atoms with Crippen molar-refractivity contribution >= 4 is 44.1 Å². The minimum Gasteiger partial charge on any atom is -0.375 e. The minimum atomic E-state index is -0.216. The molecule has 9 heteroatoms. The topological polar surface area (TPSA) is 96.5 Å². The smallest absolute Gasteiger partial charge is 0.252 e. The van der Waals surface area contributed by atoms with E-state index in [4.69, 9.17) is 11.6 Å². The lowest BCUT2D eigenvalue weighted by molar-refractivity contribution is 0.786. The molecule has 0 spiro atoms. The molecule has 0 bridgehead atoms. The number of anilines is 1. The van der Waals surface area contributed by atoms with Gasteiger partial charge in [0.25, 0.3) is 5.56 Å². The number of hydrogen-bond acceptors (Lipinski definition) is 6. The molecule has 7 nitrogen and oxygen atoms in total. The first kappa shape index (κ1) is 21.9. The van der Waals surface area contributed by atoms with E-state index in [0.717, 1.165) is 26.5 Å². The van der Waals surface area contributed by atoms with Gasteiger partial charge in [-0.2, -0.15) is 5.26 Å². The van der Waals surface area contributed by atoms with Gasteiger partial charge < -0.3 is 9.88 Å². The molecule has 3 heterocycles. The summed E-state index contributed by atoms with van der Waals surface area (Å²) >= 11 is 9.42. The van der Waals surface area contributed by atoms with Crippen molar-refractivity contribution in [3.8, 4) is 6.07 Å². The van der Waals surface area contributed by atoms with Crippen LogP contribution in [0.3, 0.4) is 0 Å². The second kappa shape index (κ2) is 9.07. The van der Waals surface area contributed by atoms with E-state index in [1.807, 2.05) is 25.1 Å². The number of benzene rings is 1. The van der Waals surface area contributed by atoms with Gasteiger partial charge in [-0.3, -0.25) is 4.79 Å². The summed E-state index contributed by atoms with van der Waals surface area (Å²) in [6.07, 6.45) is 5.48. The van der Waals surface area contributed by atoms with Crippen LogP contribution in [-0.4, -0.2) is 19.5 Å². The number of aromatic nitrogens is 4. The molecule has 4 rings (SSSR count). The maximum Gasteiger partial charge on any atom is 0.252 e. The Balaban J connectivity index is 1.76. The zero-order chi connectivity index (χ0) is 22.8. The molecule has 0 aliphatic rings.